The Balaban J connectivity index is 1.96. The van der Waals surface area contributed by atoms with Crippen molar-refractivity contribution in [3.8, 4) is 5.69 Å². The number of hydrogen-bond acceptors (Lipinski definition) is 4. The van der Waals surface area contributed by atoms with Crippen molar-refractivity contribution in [2.75, 3.05) is 5.75 Å². The predicted octanol–water partition coefficient (Wildman–Crippen LogP) is 3.92. The molecule has 1 atom stereocenters. The van der Waals surface area contributed by atoms with Crippen molar-refractivity contribution in [3.63, 3.8) is 0 Å². The Labute approximate surface area is 167 Å². The largest absolute Gasteiger partial charge is 0.353 e. The molecule has 7 heteroatoms. The van der Waals surface area contributed by atoms with Gasteiger partial charge in [-0.05, 0) is 49.7 Å². The zero-order valence-corrected chi connectivity index (χ0v) is 16.6. The number of carbonyl (C=O) groups excluding carboxylic acids is 1. The van der Waals surface area contributed by atoms with Gasteiger partial charge in [-0.15, -0.1) is 0 Å². The number of thioether (sulfide) groups is 1. The number of halogens is 1. The number of amides is 1. The summed E-state index contributed by atoms with van der Waals surface area (Å²) in [6.07, 6.45) is 1.90. The van der Waals surface area contributed by atoms with Gasteiger partial charge in [0, 0.05) is 6.04 Å². The van der Waals surface area contributed by atoms with Crippen molar-refractivity contribution in [2.24, 2.45) is 0 Å². The molecule has 3 rings (SSSR count). The Morgan fingerprint density at radius 2 is 1.93 bits per heavy atom. The molecule has 0 spiro atoms. The zero-order valence-electron chi connectivity index (χ0n) is 15.8. The highest BCUT2D eigenvalue weighted by atomic mass is 32.2. The lowest BCUT2D eigenvalue weighted by Gasteiger charge is -2.15. The summed E-state index contributed by atoms with van der Waals surface area (Å²) in [6.45, 7) is 4.03. The highest BCUT2D eigenvalue weighted by Crippen LogP contribution is 2.21. The van der Waals surface area contributed by atoms with Crippen LogP contribution >= 0.6 is 11.8 Å². The van der Waals surface area contributed by atoms with Gasteiger partial charge < -0.3 is 5.32 Å². The third-order valence-electron chi connectivity index (χ3n) is 4.29. The van der Waals surface area contributed by atoms with Crippen LogP contribution in [0.4, 0.5) is 4.39 Å². The van der Waals surface area contributed by atoms with Gasteiger partial charge in [-0.1, -0.05) is 37.2 Å². The van der Waals surface area contributed by atoms with Crippen molar-refractivity contribution in [2.45, 2.75) is 37.9 Å². The minimum Gasteiger partial charge on any atom is -0.353 e. The lowest BCUT2D eigenvalue weighted by atomic mass is 10.2. The molecule has 28 heavy (non-hydrogen) atoms. The first-order valence-corrected chi connectivity index (χ1v) is 10.2. The van der Waals surface area contributed by atoms with E-state index in [9.17, 15) is 14.0 Å². The van der Waals surface area contributed by atoms with E-state index >= 15 is 0 Å². The van der Waals surface area contributed by atoms with E-state index in [1.165, 1.54) is 40.6 Å². The minimum atomic E-state index is -0.385. The zero-order chi connectivity index (χ0) is 20.1. The molecule has 1 N–H and O–H groups in total. The molecule has 146 valence electrons. The van der Waals surface area contributed by atoms with E-state index in [2.05, 4.69) is 17.2 Å². The van der Waals surface area contributed by atoms with Crippen LogP contribution in [-0.4, -0.2) is 27.3 Å². The average Bonchev–Trinajstić information content (AvgIpc) is 2.68. The summed E-state index contributed by atoms with van der Waals surface area (Å²) in [5.74, 6) is -0.358. The lowest BCUT2D eigenvalue weighted by Crippen LogP contribution is -2.34. The summed E-state index contributed by atoms with van der Waals surface area (Å²) in [7, 11) is 0. The SMILES string of the molecule is CCC[C@H](C)NC(=O)CSc1nc2ccccc2c(=O)n1-c1ccc(F)cc1. The normalized spacial score (nSPS) is 12.1. The van der Waals surface area contributed by atoms with Crippen molar-refractivity contribution < 1.29 is 9.18 Å². The molecule has 0 saturated carbocycles. The van der Waals surface area contributed by atoms with Gasteiger partial charge in [0.15, 0.2) is 5.16 Å². The molecule has 0 unspecified atom stereocenters. The second-order valence-electron chi connectivity index (χ2n) is 6.57. The highest BCUT2D eigenvalue weighted by Gasteiger charge is 2.15. The molecule has 1 aromatic heterocycles. The van der Waals surface area contributed by atoms with Gasteiger partial charge in [-0.2, -0.15) is 0 Å². The monoisotopic (exact) mass is 399 g/mol. The first-order valence-electron chi connectivity index (χ1n) is 9.19. The number of rotatable bonds is 7. The van der Waals surface area contributed by atoms with Crippen molar-refractivity contribution in [1.29, 1.82) is 0 Å². The summed E-state index contributed by atoms with van der Waals surface area (Å²) in [4.78, 5) is 29.9. The predicted molar refractivity (Wildman–Crippen MR) is 111 cm³/mol. The van der Waals surface area contributed by atoms with Gasteiger partial charge in [0.05, 0.1) is 22.3 Å². The Kier molecular flexibility index (Phi) is 6.46. The smallest absolute Gasteiger partial charge is 0.266 e. The molecule has 0 bridgehead atoms. The quantitative estimate of drug-likeness (QED) is 0.483. The number of benzene rings is 2. The van der Waals surface area contributed by atoms with Crippen LogP contribution in [0.1, 0.15) is 26.7 Å². The van der Waals surface area contributed by atoms with E-state index in [1.54, 1.807) is 18.2 Å². The van der Waals surface area contributed by atoms with Crippen LogP contribution in [0.5, 0.6) is 0 Å². The van der Waals surface area contributed by atoms with Crippen LogP contribution in [0.3, 0.4) is 0 Å². The average molecular weight is 399 g/mol. The lowest BCUT2D eigenvalue weighted by molar-refractivity contribution is -0.119. The summed E-state index contributed by atoms with van der Waals surface area (Å²) in [6, 6.07) is 12.8. The van der Waals surface area contributed by atoms with Crippen LogP contribution in [0.15, 0.2) is 58.5 Å². The van der Waals surface area contributed by atoms with Crippen LogP contribution in [-0.2, 0) is 4.79 Å². The molecule has 5 nitrogen and oxygen atoms in total. The van der Waals surface area contributed by atoms with Gasteiger partial charge in [0.1, 0.15) is 5.82 Å². The van der Waals surface area contributed by atoms with Crippen LogP contribution in [0.2, 0.25) is 0 Å². The van der Waals surface area contributed by atoms with E-state index in [1.807, 2.05) is 13.0 Å². The van der Waals surface area contributed by atoms with E-state index < -0.39 is 0 Å². The summed E-state index contributed by atoms with van der Waals surface area (Å²) < 4.78 is 14.8. The fourth-order valence-corrected chi connectivity index (χ4v) is 3.80. The van der Waals surface area contributed by atoms with Gasteiger partial charge in [-0.3, -0.25) is 14.2 Å². The highest BCUT2D eigenvalue weighted by molar-refractivity contribution is 7.99. The summed E-state index contributed by atoms with van der Waals surface area (Å²) >= 11 is 1.19. The maximum Gasteiger partial charge on any atom is 0.266 e. The number of carbonyl (C=O) groups is 1. The number of hydrogen-bond donors (Lipinski definition) is 1. The minimum absolute atomic E-state index is 0.0990. The van der Waals surface area contributed by atoms with Crippen molar-refractivity contribution in [1.82, 2.24) is 14.9 Å². The van der Waals surface area contributed by atoms with E-state index in [0.717, 1.165) is 12.8 Å². The second-order valence-corrected chi connectivity index (χ2v) is 7.52. The molecule has 1 heterocycles. The number of nitrogens with one attached hydrogen (secondary N) is 1. The number of aromatic nitrogens is 2. The van der Waals surface area contributed by atoms with Crippen molar-refractivity contribution >= 4 is 28.6 Å². The van der Waals surface area contributed by atoms with Gasteiger partial charge >= 0.3 is 0 Å². The summed E-state index contributed by atoms with van der Waals surface area (Å²) in [5.41, 5.74) is 0.819. The third kappa shape index (κ3) is 4.59. The third-order valence-corrected chi connectivity index (χ3v) is 5.23. The van der Waals surface area contributed by atoms with Crippen molar-refractivity contribution in [3.05, 3.63) is 64.7 Å². The number of para-hydroxylation sites is 1. The summed E-state index contributed by atoms with van der Waals surface area (Å²) in [5, 5.41) is 3.81. The first kappa shape index (κ1) is 20.1. The Morgan fingerprint density at radius 1 is 1.21 bits per heavy atom. The van der Waals surface area contributed by atoms with E-state index in [4.69, 9.17) is 0 Å². The first-order chi connectivity index (χ1) is 13.5. The molecular formula is C21H22FN3O2S. The fourth-order valence-electron chi connectivity index (χ4n) is 2.98. The molecule has 0 fully saturated rings. The van der Waals surface area contributed by atoms with Crippen LogP contribution < -0.4 is 10.9 Å². The standard InChI is InChI=1S/C21H22FN3O2S/c1-3-6-14(2)23-19(26)13-28-21-24-18-8-5-4-7-17(18)20(27)25(21)16-11-9-15(22)10-12-16/h4-5,7-12,14H,3,6,13H2,1-2H3,(H,23,26)/t14-/m0/s1. The number of fused-ring (bicyclic) bond motifs is 1. The Bertz CT molecular complexity index is 1030. The van der Waals surface area contributed by atoms with Gasteiger partial charge in [0.2, 0.25) is 5.91 Å². The van der Waals surface area contributed by atoms with Gasteiger partial charge in [-0.25, -0.2) is 9.37 Å². The molecule has 0 saturated heterocycles. The molecule has 3 aromatic rings. The number of nitrogens with zero attached hydrogens (tertiary/aromatic N) is 2. The molecule has 0 radical (unpaired) electrons. The molecule has 0 aliphatic heterocycles. The molecular weight excluding hydrogens is 377 g/mol. The maximum atomic E-state index is 13.3. The molecule has 2 aromatic carbocycles. The fraction of sp³-hybridized carbons (Fsp3) is 0.286. The second kappa shape index (κ2) is 9.01. The molecule has 1 amide bonds. The Morgan fingerprint density at radius 3 is 2.64 bits per heavy atom. The van der Waals surface area contributed by atoms with E-state index in [-0.39, 0.29) is 29.1 Å². The molecule has 0 aliphatic carbocycles. The maximum absolute atomic E-state index is 13.3. The van der Waals surface area contributed by atoms with Gasteiger partial charge in [0.25, 0.3) is 5.56 Å². The molecule has 0 aliphatic rings. The van der Waals surface area contributed by atoms with Crippen LogP contribution in [0, 0.1) is 5.82 Å². The van der Waals surface area contributed by atoms with Crippen LogP contribution in [0.25, 0.3) is 16.6 Å². The Hall–Kier alpha value is -2.67. The van der Waals surface area contributed by atoms with E-state index in [0.29, 0.717) is 21.7 Å². The topological polar surface area (TPSA) is 64.0 Å².